The molecule has 1 aliphatic rings. The van der Waals surface area contributed by atoms with E-state index in [0.717, 1.165) is 25.4 Å². The van der Waals surface area contributed by atoms with Crippen LogP contribution in [0.5, 0.6) is 0 Å². The molecule has 2 rings (SSSR count). The van der Waals surface area contributed by atoms with Crippen LogP contribution >= 0.6 is 23.4 Å². The maximum absolute atomic E-state index is 5.99. The SMILES string of the molecule is CSCCN(C)c1nc(Cl)nc(N2CCCC2)n1. The van der Waals surface area contributed by atoms with E-state index in [1.54, 1.807) is 11.8 Å². The van der Waals surface area contributed by atoms with Crippen molar-refractivity contribution in [3.05, 3.63) is 5.28 Å². The van der Waals surface area contributed by atoms with E-state index in [-0.39, 0.29) is 5.28 Å². The number of anilines is 2. The highest BCUT2D eigenvalue weighted by atomic mass is 35.5. The van der Waals surface area contributed by atoms with Crippen molar-refractivity contribution in [1.82, 2.24) is 15.0 Å². The minimum atomic E-state index is 0.276. The highest BCUT2D eigenvalue weighted by Crippen LogP contribution is 2.19. The van der Waals surface area contributed by atoms with Crippen LogP contribution in [0.4, 0.5) is 11.9 Å². The van der Waals surface area contributed by atoms with Gasteiger partial charge in [-0.25, -0.2) is 0 Å². The predicted octanol–water partition coefficient (Wildman–Crippen LogP) is 1.92. The van der Waals surface area contributed by atoms with Crippen LogP contribution in [0.3, 0.4) is 0 Å². The summed E-state index contributed by atoms with van der Waals surface area (Å²) in [4.78, 5) is 17.1. The monoisotopic (exact) mass is 287 g/mol. The van der Waals surface area contributed by atoms with Gasteiger partial charge in [0.2, 0.25) is 17.2 Å². The summed E-state index contributed by atoms with van der Waals surface area (Å²) in [6, 6.07) is 0. The third-order valence-electron chi connectivity index (χ3n) is 2.95. The molecule has 0 N–H and O–H groups in total. The Kier molecular flexibility index (Phi) is 4.88. The average Bonchev–Trinajstić information content (AvgIpc) is 2.89. The molecule has 0 saturated carbocycles. The lowest BCUT2D eigenvalue weighted by Crippen LogP contribution is -2.26. The van der Waals surface area contributed by atoms with Crippen molar-refractivity contribution in [2.45, 2.75) is 12.8 Å². The molecule has 0 bridgehead atoms. The van der Waals surface area contributed by atoms with Crippen molar-refractivity contribution in [2.24, 2.45) is 0 Å². The molecule has 0 aliphatic carbocycles. The lowest BCUT2D eigenvalue weighted by molar-refractivity contribution is 0.842. The van der Waals surface area contributed by atoms with Crippen LogP contribution in [-0.4, -0.2) is 53.6 Å². The Morgan fingerprint density at radius 2 is 2.00 bits per heavy atom. The van der Waals surface area contributed by atoms with Gasteiger partial charge in [-0.3, -0.25) is 0 Å². The molecule has 0 radical (unpaired) electrons. The zero-order valence-corrected chi connectivity index (χ0v) is 12.3. The molecule has 0 aromatic carbocycles. The van der Waals surface area contributed by atoms with E-state index in [4.69, 9.17) is 11.6 Å². The quantitative estimate of drug-likeness (QED) is 0.824. The van der Waals surface area contributed by atoms with E-state index in [0.29, 0.717) is 11.9 Å². The molecule has 1 aliphatic heterocycles. The molecule has 2 heterocycles. The van der Waals surface area contributed by atoms with Crippen molar-refractivity contribution in [1.29, 1.82) is 0 Å². The Labute approximate surface area is 117 Å². The minimum absolute atomic E-state index is 0.276. The first-order chi connectivity index (χ1) is 8.70. The summed E-state index contributed by atoms with van der Waals surface area (Å²) < 4.78 is 0. The fraction of sp³-hybridized carbons (Fsp3) is 0.727. The van der Waals surface area contributed by atoms with Gasteiger partial charge in [-0.05, 0) is 30.7 Å². The van der Waals surface area contributed by atoms with Crippen LogP contribution in [0.2, 0.25) is 5.28 Å². The number of halogens is 1. The number of hydrogen-bond donors (Lipinski definition) is 0. The molecule has 0 unspecified atom stereocenters. The van der Waals surface area contributed by atoms with Gasteiger partial charge < -0.3 is 9.80 Å². The molecule has 1 saturated heterocycles. The summed E-state index contributed by atoms with van der Waals surface area (Å²) in [5.41, 5.74) is 0. The van der Waals surface area contributed by atoms with Crippen LogP contribution in [0.15, 0.2) is 0 Å². The van der Waals surface area contributed by atoms with Crippen LogP contribution < -0.4 is 9.80 Å². The van der Waals surface area contributed by atoms with Crippen molar-refractivity contribution < 1.29 is 0 Å². The second-order valence-corrected chi connectivity index (χ2v) is 5.64. The van der Waals surface area contributed by atoms with Crippen molar-refractivity contribution >= 4 is 35.3 Å². The Morgan fingerprint density at radius 3 is 2.67 bits per heavy atom. The van der Waals surface area contributed by atoms with Crippen LogP contribution in [-0.2, 0) is 0 Å². The second-order valence-electron chi connectivity index (χ2n) is 4.31. The Bertz CT molecular complexity index is 397. The van der Waals surface area contributed by atoms with E-state index < -0.39 is 0 Å². The fourth-order valence-corrected chi connectivity index (χ4v) is 2.49. The molecule has 18 heavy (non-hydrogen) atoms. The van der Waals surface area contributed by atoms with Gasteiger partial charge in [0.25, 0.3) is 0 Å². The fourth-order valence-electron chi connectivity index (χ4n) is 1.89. The molecule has 0 atom stereocenters. The molecule has 0 amide bonds. The molecule has 5 nitrogen and oxygen atoms in total. The first-order valence-corrected chi connectivity index (χ1v) is 7.84. The maximum Gasteiger partial charge on any atom is 0.231 e. The molecule has 100 valence electrons. The highest BCUT2D eigenvalue weighted by molar-refractivity contribution is 7.98. The molecule has 0 spiro atoms. The third kappa shape index (κ3) is 3.38. The third-order valence-corrected chi connectivity index (χ3v) is 3.71. The van der Waals surface area contributed by atoms with Crippen molar-refractivity contribution in [2.75, 3.05) is 48.5 Å². The standard InChI is InChI=1S/C11H18ClN5S/c1-16(7-8-18-2)10-13-9(12)14-11(15-10)17-5-3-4-6-17/h3-8H2,1-2H3. The van der Waals surface area contributed by atoms with Crippen molar-refractivity contribution in [3.8, 4) is 0 Å². The van der Waals surface area contributed by atoms with E-state index in [9.17, 15) is 0 Å². The summed E-state index contributed by atoms with van der Waals surface area (Å²) in [5, 5.41) is 0.276. The van der Waals surface area contributed by atoms with Gasteiger partial charge in [-0.15, -0.1) is 0 Å². The molecular formula is C11H18ClN5S. The molecule has 1 aromatic heterocycles. The van der Waals surface area contributed by atoms with Crippen LogP contribution in [0, 0.1) is 0 Å². The summed E-state index contributed by atoms with van der Waals surface area (Å²) >= 11 is 7.79. The van der Waals surface area contributed by atoms with Gasteiger partial charge in [0, 0.05) is 32.4 Å². The molecule has 1 aromatic rings. The van der Waals surface area contributed by atoms with Gasteiger partial charge in [0.15, 0.2) is 0 Å². The Hall–Kier alpha value is -0.750. The van der Waals surface area contributed by atoms with E-state index in [2.05, 4.69) is 26.1 Å². The second kappa shape index (κ2) is 6.43. The molecule has 1 fully saturated rings. The van der Waals surface area contributed by atoms with E-state index in [1.165, 1.54) is 12.8 Å². The van der Waals surface area contributed by atoms with Gasteiger partial charge in [-0.2, -0.15) is 26.7 Å². The normalized spacial score (nSPS) is 15.2. The summed E-state index contributed by atoms with van der Waals surface area (Å²) in [5.74, 6) is 2.41. The van der Waals surface area contributed by atoms with E-state index >= 15 is 0 Å². The summed E-state index contributed by atoms with van der Waals surface area (Å²) in [6.07, 6.45) is 4.48. The van der Waals surface area contributed by atoms with Crippen LogP contribution in [0.1, 0.15) is 12.8 Å². The first-order valence-electron chi connectivity index (χ1n) is 6.07. The van der Waals surface area contributed by atoms with Gasteiger partial charge in [0.05, 0.1) is 0 Å². The summed E-state index contributed by atoms with van der Waals surface area (Å²) in [7, 11) is 1.98. The number of aromatic nitrogens is 3. The van der Waals surface area contributed by atoms with Crippen LogP contribution in [0.25, 0.3) is 0 Å². The summed E-state index contributed by atoms with van der Waals surface area (Å²) in [6.45, 7) is 2.92. The largest absolute Gasteiger partial charge is 0.343 e. The average molecular weight is 288 g/mol. The Balaban J connectivity index is 2.14. The smallest absolute Gasteiger partial charge is 0.231 e. The highest BCUT2D eigenvalue weighted by Gasteiger charge is 2.17. The zero-order valence-electron chi connectivity index (χ0n) is 10.8. The van der Waals surface area contributed by atoms with Crippen molar-refractivity contribution in [3.63, 3.8) is 0 Å². The zero-order chi connectivity index (χ0) is 13.0. The van der Waals surface area contributed by atoms with Gasteiger partial charge in [0.1, 0.15) is 0 Å². The Morgan fingerprint density at radius 1 is 1.28 bits per heavy atom. The maximum atomic E-state index is 5.99. The number of rotatable bonds is 5. The minimum Gasteiger partial charge on any atom is -0.343 e. The van der Waals surface area contributed by atoms with E-state index in [1.807, 2.05) is 11.9 Å². The number of hydrogen-bond acceptors (Lipinski definition) is 6. The predicted molar refractivity (Wildman–Crippen MR) is 77.9 cm³/mol. The molecular weight excluding hydrogens is 270 g/mol. The number of thioether (sulfide) groups is 1. The topological polar surface area (TPSA) is 45.2 Å². The lowest BCUT2D eigenvalue weighted by atomic mass is 10.4. The van der Waals surface area contributed by atoms with Gasteiger partial charge in [-0.1, -0.05) is 0 Å². The van der Waals surface area contributed by atoms with Gasteiger partial charge >= 0.3 is 0 Å². The first kappa shape index (κ1) is 13.7. The molecule has 7 heteroatoms. The number of nitrogens with zero attached hydrogens (tertiary/aromatic N) is 5. The lowest BCUT2D eigenvalue weighted by Gasteiger charge is -2.20.